The number of fused-ring (bicyclic) bond motifs is 1. The van der Waals surface area contributed by atoms with Crippen molar-refractivity contribution in [2.24, 2.45) is 0 Å². The highest BCUT2D eigenvalue weighted by atomic mass is 35.5. The number of nitrogens with zero attached hydrogens (tertiary/aromatic N) is 4. The molecule has 6 nitrogen and oxygen atoms in total. The number of carbonyl (C=O) groups is 1. The van der Waals surface area contributed by atoms with Gasteiger partial charge in [-0.1, -0.05) is 18.5 Å². The van der Waals surface area contributed by atoms with E-state index < -0.39 is 0 Å². The Morgan fingerprint density at radius 1 is 1.41 bits per heavy atom. The summed E-state index contributed by atoms with van der Waals surface area (Å²) in [6.45, 7) is 5.38. The average Bonchev–Trinajstić information content (AvgIpc) is 2.68. The fraction of sp³-hybridized carbons (Fsp3) is 0.400. The Morgan fingerprint density at radius 3 is 2.76 bits per heavy atom. The van der Waals surface area contributed by atoms with Crippen molar-refractivity contribution in [2.75, 3.05) is 5.32 Å². The molecule has 0 unspecified atom stereocenters. The summed E-state index contributed by atoms with van der Waals surface area (Å²) >= 11 is 6.06. The molecule has 90 valence electrons. The summed E-state index contributed by atoms with van der Waals surface area (Å²) in [6, 6.07) is 0. The molecule has 7 heteroatoms. The fourth-order valence-corrected chi connectivity index (χ4v) is 1.54. The van der Waals surface area contributed by atoms with Gasteiger partial charge in [0.05, 0.1) is 16.4 Å². The van der Waals surface area contributed by atoms with E-state index in [1.54, 1.807) is 13.8 Å². The number of anilines is 1. The van der Waals surface area contributed by atoms with Gasteiger partial charge in [0.2, 0.25) is 5.91 Å². The smallest absolute Gasteiger partial charge is 0.254 e. The minimum absolute atomic E-state index is 0.138. The monoisotopic (exact) mass is 253 g/mol. The normalized spacial score (nSPS) is 10.8. The molecule has 0 aromatic carbocycles. The van der Waals surface area contributed by atoms with Crippen LogP contribution in [0.2, 0.25) is 5.02 Å². The Labute approximate surface area is 103 Å². The summed E-state index contributed by atoms with van der Waals surface area (Å²) in [5.41, 5.74) is 1.44. The van der Waals surface area contributed by atoms with Crippen molar-refractivity contribution in [1.29, 1.82) is 0 Å². The summed E-state index contributed by atoms with van der Waals surface area (Å²) in [5.74, 6) is 0.534. The van der Waals surface area contributed by atoms with E-state index in [-0.39, 0.29) is 11.9 Å². The standard InChI is InChI=1S/C10H12ClN5O/c1-4-7(17)13-9-14-10-12-5(2)8(11)6(3)16(10)15-9/h4H2,1-3H3,(H,13,15,17). The second kappa shape index (κ2) is 4.29. The molecular weight excluding hydrogens is 242 g/mol. The SMILES string of the molecule is CCC(=O)Nc1nc2nc(C)c(Cl)c(C)n2n1. The fourth-order valence-electron chi connectivity index (χ4n) is 1.42. The maximum atomic E-state index is 11.2. The lowest BCUT2D eigenvalue weighted by atomic mass is 10.3. The summed E-state index contributed by atoms with van der Waals surface area (Å²) < 4.78 is 1.51. The van der Waals surface area contributed by atoms with E-state index in [0.29, 0.717) is 22.9 Å². The van der Waals surface area contributed by atoms with Crippen molar-refractivity contribution in [3.8, 4) is 0 Å². The number of nitrogens with one attached hydrogen (secondary N) is 1. The number of rotatable bonds is 2. The van der Waals surface area contributed by atoms with E-state index in [1.165, 1.54) is 4.52 Å². The van der Waals surface area contributed by atoms with Crippen LogP contribution in [0.15, 0.2) is 0 Å². The average molecular weight is 254 g/mol. The molecule has 0 spiro atoms. The predicted octanol–water partition coefficient (Wildman–Crippen LogP) is 1.74. The molecule has 17 heavy (non-hydrogen) atoms. The van der Waals surface area contributed by atoms with Gasteiger partial charge in [-0.15, -0.1) is 5.10 Å². The molecule has 1 N–H and O–H groups in total. The third-order valence-corrected chi connectivity index (χ3v) is 2.93. The van der Waals surface area contributed by atoms with Crippen LogP contribution >= 0.6 is 11.6 Å². The Morgan fingerprint density at radius 2 is 2.12 bits per heavy atom. The lowest BCUT2D eigenvalue weighted by molar-refractivity contribution is -0.115. The molecule has 0 fully saturated rings. The van der Waals surface area contributed by atoms with Crippen molar-refractivity contribution >= 4 is 29.2 Å². The number of aryl methyl sites for hydroxylation is 2. The van der Waals surface area contributed by atoms with Gasteiger partial charge in [0, 0.05) is 6.42 Å². The van der Waals surface area contributed by atoms with E-state index in [2.05, 4.69) is 20.4 Å². The lowest BCUT2D eigenvalue weighted by Gasteiger charge is -2.02. The Hall–Kier alpha value is -1.69. The van der Waals surface area contributed by atoms with Crippen LogP contribution in [0.25, 0.3) is 5.78 Å². The second-order valence-electron chi connectivity index (χ2n) is 3.65. The lowest BCUT2D eigenvalue weighted by Crippen LogP contribution is -2.10. The third-order valence-electron chi connectivity index (χ3n) is 2.38. The van der Waals surface area contributed by atoms with Gasteiger partial charge in [0.1, 0.15) is 0 Å². The molecule has 0 saturated heterocycles. The van der Waals surface area contributed by atoms with Gasteiger partial charge in [-0.2, -0.15) is 9.50 Å². The van der Waals surface area contributed by atoms with Crippen LogP contribution in [0.5, 0.6) is 0 Å². The van der Waals surface area contributed by atoms with Crippen LogP contribution in [-0.2, 0) is 4.79 Å². The molecule has 1 amide bonds. The zero-order valence-corrected chi connectivity index (χ0v) is 10.5. The molecule has 0 aliphatic carbocycles. The molecule has 2 aromatic heterocycles. The first kappa shape index (κ1) is 11.8. The van der Waals surface area contributed by atoms with Crippen molar-refractivity contribution in [2.45, 2.75) is 27.2 Å². The summed E-state index contributed by atoms with van der Waals surface area (Å²) in [7, 11) is 0. The van der Waals surface area contributed by atoms with E-state index in [0.717, 1.165) is 5.69 Å². The number of aromatic nitrogens is 4. The van der Waals surface area contributed by atoms with Gasteiger partial charge in [0.15, 0.2) is 0 Å². The molecule has 2 rings (SSSR count). The maximum absolute atomic E-state index is 11.2. The van der Waals surface area contributed by atoms with Crippen LogP contribution in [0.4, 0.5) is 5.95 Å². The zero-order valence-electron chi connectivity index (χ0n) is 9.78. The topological polar surface area (TPSA) is 72.2 Å². The van der Waals surface area contributed by atoms with Crippen LogP contribution < -0.4 is 5.32 Å². The highest BCUT2D eigenvalue weighted by Gasteiger charge is 2.12. The Balaban J connectivity index is 2.50. The van der Waals surface area contributed by atoms with Crippen LogP contribution in [0.3, 0.4) is 0 Å². The van der Waals surface area contributed by atoms with Gasteiger partial charge < -0.3 is 0 Å². The van der Waals surface area contributed by atoms with Crippen LogP contribution in [0.1, 0.15) is 24.7 Å². The van der Waals surface area contributed by atoms with Gasteiger partial charge in [-0.3, -0.25) is 10.1 Å². The minimum atomic E-state index is -0.138. The minimum Gasteiger partial charge on any atom is -0.293 e. The van der Waals surface area contributed by atoms with Crippen LogP contribution in [0, 0.1) is 13.8 Å². The third kappa shape index (κ3) is 2.08. The van der Waals surface area contributed by atoms with E-state index in [9.17, 15) is 4.79 Å². The van der Waals surface area contributed by atoms with Gasteiger partial charge in [0.25, 0.3) is 11.7 Å². The summed E-state index contributed by atoms with van der Waals surface area (Å²) in [4.78, 5) is 19.5. The number of halogens is 1. The van der Waals surface area contributed by atoms with E-state index in [4.69, 9.17) is 11.6 Å². The van der Waals surface area contributed by atoms with Gasteiger partial charge in [-0.05, 0) is 13.8 Å². The molecular formula is C10H12ClN5O. The van der Waals surface area contributed by atoms with Gasteiger partial charge >= 0.3 is 0 Å². The van der Waals surface area contributed by atoms with Crippen molar-refractivity contribution in [1.82, 2.24) is 19.6 Å². The highest BCUT2D eigenvalue weighted by Crippen LogP contribution is 2.19. The maximum Gasteiger partial charge on any atom is 0.254 e. The molecule has 0 aliphatic rings. The first-order chi connectivity index (χ1) is 8.02. The Kier molecular flexibility index (Phi) is 2.97. The summed E-state index contributed by atoms with van der Waals surface area (Å²) in [5, 5.41) is 7.26. The number of amides is 1. The van der Waals surface area contributed by atoms with Crippen molar-refractivity contribution in [3.63, 3.8) is 0 Å². The first-order valence-electron chi connectivity index (χ1n) is 5.22. The van der Waals surface area contributed by atoms with Crippen molar-refractivity contribution < 1.29 is 4.79 Å². The van der Waals surface area contributed by atoms with E-state index >= 15 is 0 Å². The quantitative estimate of drug-likeness (QED) is 0.885. The number of carbonyl (C=O) groups excluding carboxylic acids is 1. The predicted molar refractivity (Wildman–Crippen MR) is 64.2 cm³/mol. The van der Waals surface area contributed by atoms with E-state index in [1.807, 2.05) is 6.92 Å². The largest absolute Gasteiger partial charge is 0.293 e. The first-order valence-corrected chi connectivity index (χ1v) is 5.60. The highest BCUT2D eigenvalue weighted by molar-refractivity contribution is 6.31. The molecule has 0 saturated carbocycles. The molecule has 0 atom stereocenters. The summed E-state index contributed by atoms with van der Waals surface area (Å²) in [6.07, 6.45) is 0.377. The second-order valence-corrected chi connectivity index (χ2v) is 4.02. The Bertz CT molecular complexity index is 592. The molecule has 2 aromatic rings. The molecule has 0 aliphatic heterocycles. The number of hydrogen-bond acceptors (Lipinski definition) is 4. The van der Waals surface area contributed by atoms with Crippen molar-refractivity contribution in [3.05, 3.63) is 16.4 Å². The molecule has 2 heterocycles. The molecule has 0 radical (unpaired) electrons. The van der Waals surface area contributed by atoms with Crippen LogP contribution in [-0.4, -0.2) is 25.5 Å². The number of hydrogen-bond donors (Lipinski definition) is 1. The van der Waals surface area contributed by atoms with Gasteiger partial charge in [-0.25, -0.2) is 4.98 Å². The molecule has 0 bridgehead atoms. The zero-order chi connectivity index (χ0) is 12.6.